The van der Waals surface area contributed by atoms with E-state index in [1.807, 2.05) is 31.2 Å². The first-order valence-corrected chi connectivity index (χ1v) is 10.5. The molecule has 0 bridgehead atoms. The maximum Gasteiger partial charge on any atom is 0.314 e. The van der Waals surface area contributed by atoms with Gasteiger partial charge in [-0.2, -0.15) is 0 Å². The van der Waals surface area contributed by atoms with Crippen LogP contribution in [0.4, 0.5) is 15.8 Å². The van der Waals surface area contributed by atoms with Gasteiger partial charge in [-0.15, -0.1) is 10.2 Å². The summed E-state index contributed by atoms with van der Waals surface area (Å²) in [6, 6.07) is 13.6. The number of carbonyl (C=O) groups excluding carboxylic acids is 1. The normalized spacial score (nSPS) is 19.2. The fraction of sp³-hybridized carbons (Fsp3) is 0.348. The van der Waals surface area contributed by atoms with Gasteiger partial charge in [0.1, 0.15) is 11.6 Å². The molecule has 2 N–H and O–H groups in total. The number of aromatic hydroxyl groups is 1. The Bertz CT molecular complexity index is 1110. The number of rotatable bonds is 6. The van der Waals surface area contributed by atoms with Crippen LogP contribution in [0.3, 0.4) is 0 Å². The Kier molecular flexibility index (Phi) is 6.27. The monoisotopic (exact) mass is 425 g/mol. The number of fused-ring (bicyclic) bond motifs is 1. The van der Waals surface area contributed by atoms with Crippen molar-refractivity contribution in [2.75, 3.05) is 19.7 Å². The predicted molar refractivity (Wildman–Crippen MR) is 114 cm³/mol. The summed E-state index contributed by atoms with van der Waals surface area (Å²) in [7, 11) is 0. The molecule has 1 saturated heterocycles. The standard InChI is InChI=1S/C23H25FN4O3/c1-2-31-23(30)16-8-7-13-27(14-16)15-28-20-12-6-3-9-17(20)21(22(28)29)26-25-19-11-5-4-10-18(19)24/h3-6,9-12,16,29H,2,7-8,13-15H2,1H3/p+1/t16-/m0/s1. The summed E-state index contributed by atoms with van der Waals surface area (Å²) in [5, 5.41) is 19.9. The molecule has 0 saturated carbocycles. The van der Waals surface area contributed by atoms with Crippen LogP contribution >= 0.6 is 0 Å². The molecule has 2 atom stereocenters. The first-order valence-electron chi connectivity index (χ1n) is 10.5. The fourth-order valence-electron chi connectivity index (χ4n) is 4.15. The van der Waals surface area contributed by atoms with Gasteiger partial charge in [0.15, 0.2) is 18.2 Å². The fourth-order valence-corrected chi connectivity index (χ4v) is 4.15. The maximum atomic E-state index is 13.9. The lowest BCUT2D eigenvalue weighted by Gasteiger charge is -2.29. The first kappa shape index (κ1) is 21.0. The van der Waals surface area contributed by atoms with E-state index >= 15 is 0 Å². The molecule has 1 aliphatic rings. The molecule has 0 spiro atoms. The number of hydrogen-bond acceptors (Lipinski definition) is 5. The summed E-state index contributed by atoms with van der Waals surface area (Å²) in [6.45, 7) is 4.22. The Labute approximate surface area is 179 Å². The maximum absolute atomic E-state index is 13.9. The highest BCUT2D eigenvalue weighted by Crippen LogP contribution is 2.39. The molecule has 3 aromatic rings. The number of piperidine rings is 1. The van der Waals surface area contributed by atoms with Crippen LogP contribution < -0.4 is 4.90 Å². The number of nitrogens with one attached hydrogen (secondary N) is 1. The van der Waals surface area contributed by atoms with Gasteiger partial charge in [0.2, 0.25) is 5.88 Å². The quantitative estimate of drug-likeness (QED) is 0.467. The summed E-state index contributed by atoms with van der Waals surface area (Å²) < 4.78 is 20.9. The molecule has 1 unspecified atom stereocenters. The third-order valence-electron chi connectivity index (χ3n) is 5.65. The minimum Gasteiger partial charge on any atom is -0.493 e. The number of halogens is 1. The molecule has 4 rings (SSSR count). The van der Waals surface area contributed by atoms with Gasteiger partial charge >= 0.3 is 5.97 Å². The van der Waals surface area contributed by atoms with Crippen LogP contribution in [0.2, 0.25) is 0 Å². The van der Waals surface area contributed by atoms with E-state index in [0.717, 1.165) is 30.3 Å². The number of aromatic nitrogens is 1. The highest BCUT2D eigenvalue weighted by molar-refractivity contribution is 5.94. The van der Waals surface area contributed by atoms with Crippen LogP contribution in [0, 0.1) is 11.7 Å². The van der Waals surface area contributed by atoms with E-state index in [1.54, 1.807) is 16.7 Å². The highest BCUT2D eigenvalue weighted by Gasteiger charge is 2.31. The van der Waals surface area contributed by atoms with Crippen molar-refractivity contribution in [3.05, 3.63) is 54.3 Å². The first-order chi connectivity index (χ1) is 15.1. The molecular formula is C23H26FN4O3+. The zero-order valence-electron chi connectivity index (χ0n) is 17.4. The largest absolute Gasteiger partial charge is 0.493 e. The number of quaternary nitrogens is 1. The van der Waals surface area contributed by atoms with Crippen molar-refractivity contribution in [2.24, 2.45) is 16.1 Å². The lowest BCUT2D eigenvalue weighted by molar-refractivity contribution is -0.929. The van der Waals surface area contributed by atoms with Crippen molar-refractivity contribution >= 4 is 28.2 Å². The average Bonchev–Trinajstić information content (AvgIpc) is 3.05. The number of esters is 1. The Hall–Kier alpha value is -3.26. The predicted octanol–water partition coefficient (Wildman–Crippen LogP) is 3.72. The van der Waals surface area contributed by atoms with Gasteiger partial charge in [0.05, 0.1) is 25.2 Å². The number of hydrogen-bond donors (Lipinski definition) is 2. The smallest absolute Gasteiger partial charge is 0.314 e. The van der Waals surface area contributed by atoms with Crippen LogP contribution in [-0.2, 0) is 16.2 Å². The summed E-state index contributed by atoms with van der Waals surface area (Å²) in [5.41, 5.74) is 1.23. The van der Waals surface area contributed by atoms with E-state index < -0.39 is 5.82 Å². The van der Waals surface area contributed by atoms with Crippen LogP contribution in [-0.4, -0.2) is 35.3 Å². The number of ether oxygens (including phenoxy) is 1. The van der Waals surface area contributed by atoms with Crippen molar-refractivity contribution in [3.8, 4) is 5.88 Å². The SMILES string of the molecule is CCOC(=O)[C@H]1CCC[NH+](Cn2c(O)c(N=Nc3ccccc3F)c3ccccc32)C1. The van der Waals surface area contributed by atoms with Crippen molar-refractivity contribution in [2.45, 2.75) is 26.4 Å². The van der Waals surface area contributed by atoms with E-state index in [-0.39, 0.29) is 23.5 Å². The van der Waals surface area contributed by atoms with Gasteiger partial charge in [-0.25, -0.2) is 4.39 Å². The molecular weight excluding hydrogens is 399 g/mol. The molecule has 1 aliphatic heterocycles. The number of nitrogens with zero attached hydrogens (tertiary/aromatic N) is 3. The van der Waals surface area contributed by atoms with Crippen molar-refractivity contribution in [3.63, 3.8) is 0 Å². The van der Waals surface area contributed by atoms with Gasteiger partial charge in [-0.3, -0.25) is 9.36 Å². The summed E-state index contributed by atoms with van der Waals surface area (Å²) in [6.07, 6.45) is 1.74. The molecule has 7 nitrogen and oxygen atoms in total. The van der Waals surface area contributed by atoms with E-state index in [2.05, 4.69) is 10.2 Å². The molecule has 0 radical (unpaired) electrons. The zero-order chi connectivity index (χ0) is 21.8. The molecule has 2 heterocycles. The average molecular weight is 425 g/mol. The molecule has 1 aromatic heterocycles. The van der Waals surface area contributed by atoms with Crippen molar-refractivity contribution in [1.82, 2.24) is 4.57 Å². The minimum absolute atomic E-state index is 0.0213. The third-order valence-corrected chi connectivity index (χ3v) is 5.65. The Morgan fingerprint density at radius 3 is 2.81 bits per heavy atom. The highest BCUT2D eigenvalue weighted by atomic mass is 19.1. The number of para-hydroxylation sites is 1. The van der Waals surface area contributed by atoms with E-state index in [4.69, 9.17) is 4.74 Å². The van der Waals surface area contributed by atoms with Crippen LogP contribution in [0.15, 0.2) is 58.8 Å². The molecule has 8 heteroatoms. The van der Waals surface area contributed by atoms with Crippen LogP contribution in [0.5, 0.6) is 5.88 Å². The van der Waals surface area contributed by atoms with Gasteiger partial charge in [-0.05, 0) is 38.0 Å². The number of azo groups is 1. The number of likely N-dealkylation sites (tertiary alicyclic amines) is 1. The van der Waals surface area contributed by atoms with E-state index in [1.165, 1.54) is 17.0 Å². The molecule has 31 heavy (non-hydrogen) atoms. The molecule has 0 amide bonds. The van der Waals surface area contributed by atoms with Gasteiger partial charge in [0.25, 0.3) is 0 Å². The summed E-state index contributed by atoms with van der Waals surface area (Å²) in [5.74, 6) is -0.780. The van der Waals surface area contributed by atoms with Gasteiger partial charge in [0, 0.05) is 5.39 Å². The minimum atomic E-state index is -0.475. The lowest BCUT2D eigenvalue weighted by Crippen LogP contribution is -3.13. The lowest BCUT2D eigenvalue weighted by atomic mass is 9.98. The van der Waals surface area contributed by atoms with Gasteiger partial charge in [-0.1, -0.05) is 30.3 Å². The topological polar surface area (TPSA) is 80.6 Å². The van der Waals surface area contributed by atoms with E-state index in [9.17, 15) is 14.3 Å². The van der Waals surface area contributed by atoms with Gasteiger partial charge < -0.3 is 14.7 Å². The summed E-state index contributed by atoms with van der Waals surface area (Å²) >= 11 is 0. The number of carbonyl (C=O) groups is 1. The second kappa shape index (κ2) is 9.26. The Morgan fingerprint density at radius 2 is 2.00 bits per heavy atom. The van der Waals surface area contributed by atoms with Crippen molar-refractivity contribution < 1.29 is 23.9 Å². The second-order valence-corrected chi connectivity index (χ2v) is 7.72. The zero-order valence-corrected chi connectivity index (χ0v) is 17.4. The molecule has 2 aromatic carbocycles. The third kappa shape index (κ3) is 4.44. The Morgan fingerprint density at radius 1 is 1.23 bits per heavy atom. The number of benzene rings is 2. The second-order valence-electron chi connectivity index (χ2n) is 7.72. The molecule has 1 fully saturated rings. The van der Waals surface area contributed by atoms with Crippen LogP contribution in [0.1, 0.15) is 19.8 Å². The van der Waals surface area contributed by atoms with Crippen LogP contribution in [0.25, 0.3) is 10.9 Å². The van der Waals surface area contributed by atoms with E-state index in [0.29, 0.717) is 25.5 Å². The summed E-state index contributed by atoms with van der Waals surface area (Å²) in [4.78, 5) is 13.4. The molecule has 0 aliphatic carbocycles. The van der Waals surface area contributed by atoms with Crippen molar-refractivity contribution in [1.29, 1.82) is 0 Å². The Balaban J connectivity index is 1.62. The molecule has 162 valence electrons.